The molecule has 4 heterocycles. The lowest BCUT2D eigenvalue weighted by molar-refractivity contribution is -0.0885. The molecule has 13 heteroatoms. The average Bonchev–Trinajstić information content (AvgIpc) is 3.14. The smallest absolute Gasteiger partial charge is 0.368 e. The van der Waals surface area contributed by atoms with Crippen LogP contribution < -0.4 is 16.2 Å². The van der Waals surface area contributed by atoms with E-state index < -0.39 is 29.1 Å². The molecule has 0 bridgehead atoms. The molecular weight excluding hydrogens is 475 g/mol. The minimum atomic E-state index is -5.13. The third kappa shape index (κ3) is 3.46. The van der Waals surface area contributed by atoms with Crippen molar-refractivity contribution in [1.29, 1.82) is 0 Å². The topological polar surface area (TPSA) is 111 Å². The summed E-state index contributed by atoms with van der Waals surface area (Å²) in [4.78, 5) is 34.4. The van der Waals surface area contributed by atoms with Gasteiger partial charge >= 0.3 is 6.18 Å². The summed E-state index contributed by atoms with van der Waals surface area (Å²) in [6.07, 6.45) is -2.42. The second kappa shape index (κ2) is 7.83. The third-order valence-electron chi connectivity index (χ3n) is 5.56. The molecule has 0 amide bonds. The number of rotatable bonds is 4. The molecule has 9 nitrogen and oxygen atoms in total. The lowest BCUT2D eigenvalue weighted by Gasteiger charge is -2.42. The van der Waals surface area contributed by atoms with Gasteiger partial charge < -0.3 is 10.6 Å². The molecule has 0 spiro atoms. The van der Waals surface area contributed by atoms with Crippen molar-refractivity contribution >= 4 is 34.7 Å². The Morgan fingerprint density at radius 3 is 2.56 bits per heavy atom. The summed E-state index contributed by atoms with van der Waals surface area (Å²) in [5.74, 6) is -2.41. The van der Waals surface area contributed by atoms with Gasteiger partial charge in [-0.1, -0.05) is 29.8 Å². The summed E-state index contributed by atoms with van der Waals surface area (Å²) in [5, 5.41) is 4.76. The largest absolute Gasteiger partial charge is 0.455 e. The number of benzene rings is 1. The first-order valence-electron chi connectivity index (χ1n) is 10.0. The Hall–Kier alpha value is -3.93. The Morgan fingerprint density at radius 2 is 1.91 bits per heavy atom. The number of carbonyl (C=O) groups is 1. The van der Waals surface area contributed by atoms with Crippen molar-refractivity contribution in [2.45, 2.75) is 18.6 Å². The summed E-state index contributed by atoms with van der Waals surface area (Å²) in [5.41, 5.74) is 5.09. The molecule has 0 unspecified atom stereocenters. The quantitative estimate of drug-likeness (QED) is 0.438. The molecule has 5 rings (SSSR count). The Morgan fingerprint density at radius 1 is 1.18 bits per heavy atom. The van der Waals surface area contributed by atoms with Gasteiger partial charge in [0.1, 0.15) is 11.3 Å². The normalized spacial score (nSPS) is 16.0. The van der Waals surface area contributed by atoms with Crippen LogP contribution in [0.1, 0.15) is 28.6 Å². The van der Waals surface area contributed by atoms with E-state index in [1.165, 1.54) is 26.2 Å². The third-order valence-corrected chi connectivity index (χ3v) is 5.86. The molecule has 2 N–H and O–H groups in total. The van der Waals surface area contributed by atoms with Crippen LogP contribution >= 0.6 is 11.6 Å². The second-order valence-electron chi connectivity index (χ2n) is 7.58. The number of halogens is 4. The van der Waals surface area contributed by atoms with Gasteiger partial charge in [0, 0.05) is 18.9 Å². The molecule has 174 valence electrons. The maximum absolute atomic E-state index is 13.4. The molecule has 0 saturated carbocycles. The molecular formula is C21H15ClF3N7O2. The minimum absolute atomic E-state index is 0.152. The highest BCUT2D eigenvalue weighted by atomic mass is 35.5. The Kier molecular flexibility index (Phi) is 5.04. The number of aromatic nitrogens is 5. The lowest BCUT2D eigenvalue weighted by atomic mass is 10.00. The maximum Gasteiger partial charge on any atom is 0.455 e. The number of ketones is 1. The average molecular weight is 490 g/mol. The highest BCUT2D eigenvalue weighted by molar-refractivity contribution is 6.33. The summed E-state index contributed by atoms with van der Waals surface area (Å²) >= 11 is 6.20. The van der Waals surface area contributed by atoms with E-state index in [1.807, 2.05) is 0 Å². The van der Waals surface area contributed by atoms with E-state index in [-0.39, 0.29) is 34.7 Å². The van der Waals surface area contributed by atoms with Crippen molar-refractivity contribution in [2.24, 2.45) is 0 Å². The number of para-hydroxylation sites is 1. The van der Waals surface area contributed by atoms with Gasteiger partial charge in [-0.05, 0) is 24.6 Å². The summed E-state index contributed by atoms with van der Waals surface area (Å²) in [7, 11) is 0. The first-order valence-corrected chi connectivity index (χ1v) is 10.4. The molecule has 1 fully saturated rings. The van der Waals surface area contributed by atoms with E-state index in [4.69, 9.17) is 17.3 Å². The predicted molar refractivity (Wildman–Crippen MR) is 117 cm³/mol. The molecule has 1 aliphatic rings. The number of nitrogens with zero attached hydrogens (tertiary/aromatic N) is 6. The Bertz CT molecular complexity index is 1480. The van der Waals surface area contributed by atoms with E-state index in [9.17, 15) is 22.8 Å². The van der Waals surface area contributed by atoms with Crippen molar-refractivity contribution in [2.75, 3.05) is 17.2 Å². The fourth-order valence-corrected chi connectivity index (χ4v) is 4.14. The van der Waals surface area contributed by atoms with Crippen molar-refractivity contribution in [3.63, 3.8) is 0 Å². The predicted octanol–water partition coefficient (Wildman–Crippen LogP) is 3.21. The van der Waals surface area contributed by atoms with Crippen molar-refractivity contribution in [1.82, 2.24) is 24.1 Å². The maximum atomic E-state index is 13.4. The van der Waals surface area contributed by atoms with E-state index in [2.05, 4.69) is 15.1 Å². The van der Waals surface area contributed by atoms with Crippen LogP contribution in [0.2, 0.25) is 5.02 Å². The number of hydrogen-bond donors (Lipinski definition) is 1. The Balaban J connectivity index is 1.69. The van der Waals surface area contributed by atoms with Gasteiger partial charge in [-0.15, -0.1) is 0 Å². The van der Waals surface area contributed by atoms with Crippen LogP contribution in [-0.4, -0.2) is 42.7 Å². The summed E-state index contributed by atoms with van der Waals surface area (Å²) in [6, 6.07) is 9.49. The zero-order valence-electron chi connectivity index (χ0n) is 17.2. The zero-order valence-corrected chi connectivity index (χ0v) is 18.0. The molecule has 4 aromatic rings. The van der Waals surface area contributed by atoms with Gasteiger partial charge in [0.2, 0.25) is 5.95 Å². The second-order valence-corrected chi connectivity index (χ2v) is 7.99. The number of hydrogen-bond acceptors (Lipinski definition) is 7. The van der Waals surface area contributed by atoms with E-state index >= 15 is 0 Å². The molecule has 0 aliphatic carbocycles. The van der Waals surface area contributed by atoms with Crippen molar-refractivity contribution in [3.05, 3.63) is 75.6 Å². The van der Waals surface area contributed by atoms with Gasteiger partial charge in [-0.25, -0.2) is 9.50 Å². The highest BCUT2D eigenvalue weighted by Gasteiger charge is 2.44. The van der Waals surface area contributed by atoms with Gasteiger partial charge in [0.05, 0.1) is 22.3 Å². The van der Waals surface area contributed by atoms with Crippen LogP contribution in [-0.2, 0) is 0 Å². The molecule has 34 heavy (non-hydrogen) atoms. The zero-order chi connectivity index (χ0) is 24.2. The molecule has 3 aromatic heterocycles. The van der Waals surface area contributed by atoms with Gasteiger partial charge in [0.15, 0.2) is 5.82 Å². The number of nitrogen functional groups attached to an aromatic ring is 1. The summed E-state index contributed by atoms with van der Waals surface area (Å²) < 4.78 is 42.3. The first-order chi connectivity index (χ1) is 16.2. The molecule has 1 aromatic carbocycles. The van der Waals surface area contributed by atoms with Crippen LogP contribution in [0.4, 0.5) is 24.9 Å². The van der Waals surface area contributed by atoms with Crippen LogP contribution in [0.5, 0.6) is 0 Å². The number of carbonyl (C=O) groups excluding carboxylic acids is 1. The van der Waals surface area contributed by atoms with Crippen LogP contribution in [0.25, 0.3) is 11.2 Å². The number of Topliss-reactive ketones (excluding diaryl/α,β-unsaturated/α-hetero) is 1. The molecule has 1 aliphatic heterocycles. The SMILES string of the molecule is Nc1ncc(C(=O)C(F)(F)F)c(N2CC[C@H]2c2nn3ccc(Cl)c3c(=O)n2-c2ccccc2)n1. The number of nitrogens with two attached hydrogens (primary N) is 1. The van der Waals surface area contributed by atoms with Crippen LogP contribution in [0, 0.1) is 0 Å². The van der Waals surface area contributed by atoms with Crippen molar-refractivity contribution < 1.29 is 18.0 Å². The number of anilines is 2. The first kappa shape index (κ1) is 21.9. The molecule has 1 saturated heterocycles. The molecule has 0 radical (unpaired) electrons. The monoisotopic (exact) mass is 489 g/mol. The highest BCUT2D eigenvalue weighted by Crippen LogP contribution is 2.39. The van der Waals surface area contributed by atoms with Crippen molar-refractivity contribution in [3.8, 4) is 5.69 Å². The fraction of sp³-hybridized carbons (Fsp3) is 0.190. The van der Waals surface area contributed by atoms with Crippen LogP contribution in [0.15, 0.2) is 53.6 Å². The number of fused-ring (bicyclic) bond motifs is 1. The number of alkyl halides is 3. The van der Waals surface area contributed by atoms with Gasteiger partial charge in [0.25, 0.3) is 11.3 Å². The minimum Gasteiger partial charge on any atom is -0.368 e. The molecule has 1 atom stereocenters. The Labute approximate surface area is 194 Å². The van der Waals surface area contributed by atoms with Gasteiger partial charge in [-0.2, -0.15) is 23.3 Å². The van der Waals surface area contributed by atoms with E-state index in [1.54, 1.807) is 30.3 Å². The summed E-state index contributed by atoms with van der Waals surface area (Å²) in [6.45, 7) is 0.258. The van der Waals surface area contributed by atoms with Gasteiger partial charge in [-0.3, -0.25) is 14.2 Å². The lowest BCUT2D eigenvalue weighted by Crippen LogP contribution is -2.46. The van der Waals surface area contributed by atoms with Crippen LogP contribution in [0.3, 0.4) is 0 Å². The fourth-order valence-electron chi connectivity index (χ4n) is 3.92. The van der Waals surface area contributed by atoms with E-state index in [0.29, 0.717) is 12.1 Å². The standard InChI is InChI=1S/C21H15ClF3N7O2/c22-13-6-9-31-15(13)19(34)32(11-4-2-1-3-5-11)18(29-31)14-7-8-30(14)17-12(10-27-20(26)28-17)16(33)21(23,24)25/h1-6,9-10,14H,7-8H2,(H2,26,27,28)/t14-/m0/s1. The van der Waals surface area contributed by atoms with E-state index in [0.717, 1.165) is 6.20 Å².